The van der Waals surface area contributed by atoms with Gasteiger partial charge in [-0.15, -0.1) is 11.3 Å². The van der Waals surface area contributed by atoms with Crippen molar-refractivity contribution in [1.29, 1.82) is 0 Å². The number of hydrogen-bond acceptors (Lipinski definition) is 5. The molecule has 6 heteroatoms. The van der Waals surface area contributed by atoms with Gasteiger partial charge in [-0.05, 0) is 6.92 Å². The maximum atomic E-state index is 10.5. The van der Waals surface area contributed by atoms with E-state index in [2.05, 4.69) is 36.2 Å². The second-order valence-corrected chi connectivity index (χ2v) is 7.17. The van der Waals surface area contributed by atoms with Gasteiger partial charge >= 0.3 is 0 Å². The van der Waals surface area contributed by atoms with E-state index in [9.17, 15) is 5.11 Å². The van der Waals surface area contributed by atoms with Gasteiger partial charge in [-0.3, -0.25) is 0 Å². The van der Waals surface area contributed by atoms with Crippen LogP contribution in [0.4, 0.5) is 0 Å². The Morgan fingerprint density at radius 1 is 1.43 bits per heavy atom. The zero-order chi connectivity index (χ0) is 15.8. The third-order valence-corrected chi connectivity index (χ3v) is 4.30. The van der Waals surface area contributed by atoms with E-state index in [0.717, 1.165) is 22.0 Å². The molecule has 1 unspecified atom stereocenters. The van der Waals surface area contributed by atoms with Crippen LogP contribution in [0, 0.1) is 6.92 Å². The highest BCUT2D eigenvalue weighted by molar-refractivity contribution is 7.09. The molecule has 0 spiro atoms. The SMILES string of the molecule is COc1c(C(O)Cc2nc(C(C)(C)C)cs2)c(C)nn1C. The summed E-state index contributed by atoms with van der Waals surface area (Å²) in [7, 11) is 3.40. The number of nitrogens with zero attached hydrogens (tertiary/aromatic N) is 3. The van der Waals surface area contributed by atoms with E-state index >= 15 is 0 Å². The summed E-state index contributed by atoms with van der Waals surface area (Å²) in [5.74, 6) is 0.604. The van der Waals surface area contributed by atoms with Crippen LogP contribution in [0.15, 0.2) is 5.38 Å². The molecule has 1 atom stereocenters. The Balaban J connectivity index is 2.22. The summed E-state index contributed by atoms with van der Waals surface area (Å²) in [5.41, 5.74) is 2.62. The van der Waals surface area contributed by atoms with Gasteiger partial charge in [0.05, 0.1) is 35.2 Å². The first kappa shape index (κ1) is 16.0. The number of aliphatic hydroxyl groups is 1. The molecule has 116 valence electrons. The number of ether oxygens (including phenoxy) is 1. The van der Waals surface area contributed by atoms with Gasteiger partial charge in [-0.25, -0.2) is 9.67 Å². The van der Waals surface area contributed by atoms with E-state index in [1.54, 1.807) is 23.1 Å². The van der Waals surface area contributed by atoms with Crippen molar-refractivity contribution in [1.82, 2.24) is 14.8 Å². The van der Waals surface area contributed by atoms with Gasteiger partial charge < -0.3 is 9.84 Å². The molecule has 0 radical (unpaired) electrons. The fraction of sp³-hybridized carbons (Fsp3) is 0.600. The van der Waals surface area contributed by atoms with E-state index in [1.807, 2.05) is 14.0 Å². The zero-order valence-corrected chi connectivity index (χ0v) is 14.3. The van der Waals surface area contributed by atoms with Crippen LogP contribution in [0.2, 0.25) is 0 Å². The normalized spacial score (nSPS) is 13.5. The van der Waals surface area contributed by atoms with Gasteiger partial charge in [0.1, 0.15) is 0 Å². The molecule has 0 saturated carbocycles. The third kappa shape index (κ3) is 3.27. The smallest absolute Gasteiger partial charge is 0.217 e. The van der Waals surface area contributed by atoms with E-state index < -0.39 is 6.10 Å². The predicted octanol–water partition coefficient (Wildman–Crippen LogP) is 2.77. The predicted molar refractivity (Wildman–Crippen MR) is 84.0 cm³/mol. The van der Waals surface area contributed by atoms with Gasteiger partial charge in [0.15, 0.2) is 0 Å². The Labute approximate surface area is 129 Å². The average molecular weight is 309 g/mol. The first-order valence-electron chi connectivity index (χ1n) is 6.94. The Morgan fingerprint density at radius 2 is 2.10 bits per heavy atom. The summed E-state index contributed by atoms with van der Waals surface area (Å²) >= 11 is 1.59. The van der Waals surface area contributed by atoms with Crippen molar-refractivity contribution < 1.29 is 9.84 Å². The first-order valence-corrected chi connectivity index (χ1v) is 7.82. The van der Waals surface area contributed by atoms with Crippen LogP contribution >= 0.6 is 11.3 Å². The van der Waals surface area contributed by atoms with Crippen LogP contribution in [0.5, 0.6) is 5.88 Å². The summed E-state index contributed by atoms with van der Waals surface area (Å²) in [4.78, 5) is 4.63. The molecule has 0 aliphatic carbocycles. The van der Waals surface area contributed by atoms with Crippen LogP contribution in [0.25, 0.3) is 0 Å². The minimum atomic E-state index is -0.660. The van der Waals surface area contributed by atoms with Gasteiger partial charge in [-0.1, -0.05) is 20.8 Å². The van der Waals surface area contributed by atoms with Crippen LogP contribution in [0.1, 0.15) is 48.8 Å². The quantitative estimate of drug-likeness (QED) is 0.943. The fourth-order valence-electron chi connectivity index (χ4n) is 2.30. The van der Waals surface area contributed by atoms with Crippen molar-refractivity contribution in [3.8, 4) is 5.88 Å². The fourth-order valence-corrected chi connectivity index (χ4v) is 3.35. The van der Waals surface area contributed by atoms with E-state index in [4.69, 9.17) is 4.74 Å². The number of aryl methyl sites for hydroxylation is 2. The molecule has 0 amide bonds. The number of rotatable bonds is 4. The molecule has 0 aliphatic heterocycles. The lowest BCUT2D eigenvalue weighted by atomic mass is 9.93. The second kappa shape index (κ2) is 5.77. The molecule has 1 N–H and O–H groups in total. The molecule has 0 aliphatic rings. The third-order valence-electron chi connectivity index (χ3n) is 3.43. The van der Waals surface area contributed by atoms with Gasteiger partial charge in [-0.2, -0.15) is 5.10 Å². The van der Waals surface area contributed by atoms with Crippen molar-refractivity contribution in [2.24, 2.45) is 7.05 Å². The lowest BCUT2D eigenvalue weighted by Gasteiger charge is -2.14. The highest BCUT2D eigenvalue weighted by Crippen LogP contribution is 2.32. The average Bonchev–Trinajstić information content (AvgIpc) is 2.92. The van der Waals surface area contributed by atoms with Crippen LogP contribution in [-0.2, 0) is 18.9 Å². The first-order chi connectivity index (χ1) is 9.74. The van der Waals surface area contributed by atoms with Crippen molar-refractivity contribution in [3.05, 3.63) is 27.3 Å². The highest BCUT2D eigenvalue weighted by Gasteiger charge is 2.24. The number of hydrogen-bond donors (Lipinski definition) is 1. The number of aliphatic hydroxyl groups excluding tert-OH is 1. The summed E-state index contributed by atoms with van der Waals surface area (Å²) in [5, 5.41) is 17.8. The molecular formula is C15H23N3O2S. The zero-order valence-electron chi connectivity index (χ0n) is 13.5. The molecule has 2 aromatic rings. The number of thiazole rings is 1. The Bertz CT molecular complexity index is 625. The monoisotopic (exact) mass is 309 g/mol. The molecule has 2 aromatic heterocycles. The van der Waals surface area contributed by atoms with Gasteiger partial charge in [0.2, 0.25) is 5.88 Å². The van der Waals surface area contributed by atoms with Crippen molar-refractivity contribution in [2.45, 2.75) is 45.6 Å². The van der Waals surface area contributed by atoms with Crippen LogP contribution < -0.4 is 4.74 Å². The minimum Gasteiger partial charge on any atom is -0.481 e. The molecule has 5 nitrogen and oxygen atoms in total. The molecule has 0 bridgehead atoms. The van der Waals surface area contributed by atoms with Crippen molar-refractivity contribution in [3.63, 3.8) is 0 Å². The Hall–Kier alpha value is -1.40. The van der Waals surface area contributed by atoms with Crippen LogP contribution in [0.3, 0.4) is 0 Å². The summed E-state index contributed by atoms with van der Waals surface area (Å²) < 4.78 is 6.99. The highest BCUT2D eigenvalue weighted by atomic mass is 32.1. The molecule has 0 saturated heterocycles. The summed E-state index contributed by atoms with van der Waals surface area (Å²) in [6.45, 7) is 8.28. The van der Waals surface area contributed by atoms with E-state index in [0.29, 0.717) is 12.3 Å². The van der Waals surface area contributed by atoms with Gasteiger partial charge in [0, 0.05) is 24.3 Å². The molecule has 2 heterocycles. The lowest BCUT2D eigenvalue weighted by Crippen LogP contribution is -2.12. The molecule has 21 heavy (non-hydrogen) atoms. The van der Waals surface area contributed by atoms with Crippen molar-refractivity contribution >= 4 is 11.3 Å². The molecule has 0 fully saturated rings. The second-order valence-electron chi connectivity index (χ2n) is 6.23. The molecule has 2 rings (SSSR count). The van der Waals surface area contributed by atoms with E-state index in [1.165, 1.54) is 0 Å². The van der Waals surface area contributed by atoms with Crippen LogP contribution in [-0.4, -0.2) is 27.0 Å². The summed E-state index contributed by atoms with van der Waals surface area (Å²) in [6.07, 6.45) is -0.184. The topological polar surface area (TPSA) is 60.2 Å². The maximum absolute atomic E-state index is 10.5. The molecular weight excluding hydrogens is 286 g/mol. The van der Waals surface area contributed by atoms with E-state index in [-0.39, 0.29) is 5.41 Å². The maximum Gasteiger partial charge on any atom is 0.217 e. The van der Waals surface area contributed by atoms with Gasteiger partial charge in [0.25, 0.3) is 0 Å². The number of methoxy groups -OCH3 is 1. The largest absolute Gasteiger partial charge is 0.481 e. The Morgan fingerprint density at radius 3 is 2.62 bits per heavy atom. The minimum absolute atomic E-state index is 0.0294. The standard InChI is InChI=1S/C15H23N3O2S/c1-9-13(14(20-6)18(5)17-9)10(19)7-12-16-11(8-21-12)15(2,3)4/h8,10,19H,7H2,1-6H3. The lowest BCUT2D eigenvalue weighted by molar-refractivity contribution is 0.172. The Kier molecular flexibility index (Phi) is 4.39. The summed E-state index contributed by atoms with van der Waals surface area (Å²) in [6, 6.07) is 0. The number of aromatic nitrogens is 3. The van der Waals surface area contributed by atoms with Crippen molar-refractivity contribution in [2.75, 3.05) is 7.11 Å². The molecule has 0 aromatic carbocycles.